The minimum atomic E-state index is -0.833. The number of ether oxygens (including phenoxy) is 2. The molecule has 0 radical (unpaired) electrons. The Morgan fingerprint density at radius 3 is 2.14 bits per heavy atom. The Labute approximate surface area is 214 Å². The zero-order valence-corrected chi connectivity index (χ0v) is 21.2. The molecular formula is C26H23FN2O7S. The fourth-order valence-electron chi connectivity index (χ4n) is 3.64. The summed E-state index contributed by atoms with van der Waals surface area (Å²) < 4.78 is 24.8. The van der Waals surface area contributed by atoms with Crippen molar-refractivity contribution in [3.05, 3.63) is 102 Å². The Bertz CT molecular complexity index is 1550. The van der Waals surface area contributed by atoms with Crippen LogP contribution in [0.25, 0.3) is 6.08 Å². The lowest BCUT2D eigenvalue weighted by Crippen LogP contribution is -2.39. The van der Waals surface area contributed by atoms with Gasteiger partial charge in [0.1, 0.15) is 5.82 Å². The summed E-state index contributed by atoms with van der Waals surface area (Å²) in [6.45, 7) is 2.76. The van der Waals surface area contributed by atoms with Gasteiger partial charge < -0.3 is 14.6 Å². The van der Waals surface area contributed by atoms with Gasteiger partial charge in [-0.15, -0.1) is 0 Å². The number of aromatic nitrogens is 1. The van der Waals surface area contributed by atoms with Crippen molar-refractivity contribution in [2.75, 3.05) is 14.2 Å². The number of aliphatic carboxylic acids is 1. The fraction of sp³-hybridized carbons (Fsp3) is 0.192. The van der Waals surface area contributed by atoms with E-state index in [9.17, 15) is 18.8 Å². The van der Waals surface area contributed by atoms with Crippen molar-refractivity contribution in [3.8, 4) is 0 Å². The van der Waals surface area contributed by atoms with Crippen molar-refractivity contribution >= 4 is 35.3 Å². The van der Waals surface area contributed by atoms with E-state index in [0.29, 0.717) is 31.7 Å². The molecule has 1 aliphatic heterocycles. The van der Waals surface area contributed by atoms with Crippen LogP contribution in [0.2, 0.25) is 0 Å². The molecule has 1 aliphatic rings. The summed E-state index contributed by atoms with van der Waals surface area (Å²) in [5.74, 6) is -2.31. The molecule has 37 heavy (non-hydrogen) atoms. The molecule has 1 unspecified atom stereocenters. The van der Waals surface area contributed by atoms with Crippen LogP contribution >= 0.6 is 11.3 Å². The zero-order chi connectivity index (χ0) is 27.3. The Morgan fingerprint density at radius 2 is 1.59 bits per heavy atom. The fourth-order valence-corrected chi connectivity index (χ4v) is 4.68. The van der Waals surface area contributed by atoms with E-state index >= 15 is 0 Å². The van der Waals surface area contributed by atoms with Gasteiger partial charge in [-0.2, -0.15) is 0 Å². The minimum Gasteiger partial charge on any atom is -0.481 e. The lowest BCUT2D eigenvalue weighted by Gasteiger charge is -2.24. The maximum absolute atomic E-state index is 13.4. The van der Waals surface area contributed by atoms with Crippen molar-refractivity contribution < 1.29 is 33.4 Å². The molecule has 9 nitrogen and oxygen atoms in total. The van der Waals surface area contributed by atoms with E-state index in [4.69, 9.17) is 19.4 Å². The number of thiazole rings is 1. The van der Waals surface area contributed by atoms with Gasteiger partial charge >= 0.3 is 11.9 Å². The summed E-state index contributed by atoms with van der Waals surface area (Å²) in [6.07, 6.45) is 1.65. The molecule has 2 aromatic carbocycles. The second-order valence-electron chi connectivity index (χ2n) is 7.76. The summed E-state index contributed by atoms with van der Waals surface area (Å²) in [6, 6.07) is 11.4. The monoisotopic (exact) mass is 526 g/mol. The Balaban J connectivity index is 0.000000886. The normalized spacial score (nSPS) is 14.6. The summed E-state index contributed by atoms with van der Waals surface area (Å²) >= 11 is 1.17. The largest absolute Gasteiger partial charge is 0.481 e. The molecule has 0 spiro atoms. The Kier molecular flexibility index (Phi) is 8.51. The number of esters is 2. The summed E-state index contributed by atoms with van der Waals surface area (Å²) in [5.41, 5.74) is 1.91. The number of nitrogens with zero attached hydrogens (tertiary/aromatic N) is 2. The second-order valence-corrected chi connectivity index (χ2v) is 8.77. The predicted molar refractivity (Wildman–Crippen MR) is 133 cm³/mol. The highest BCUT2D eigenvalue weighted by Crippen LogP contribution is 2.30. The van der Waals surface area contributed by atoms with Gasteiger partial charge in [-0.25, -0.2) is 19.0 Å². The number of carboxylic acid groups (broad SMARTS) is 1. The first-order valence-electron chi connectivity index (χ1n) is 10.8. The number of hydrogen-bond acceptors (Lipinski definition) is 8. The lowest BCUT2D eigenvalue weighted by molar-refractivity contribution is -0.137. The molecule has 1 atom stereocenters. The van der Waals surface area contributed by atoms with Crippen molar-refractivity contribution in [2.45, 2.75) is 19.9 Å². The van der Waals surface area contributed by atoms with E-state index in [2.05, 4.69) is 4.99 Å². The van der Waals surface area contributed by atoms with Crippen LogP contribution in [0.15, 0.2) is 69.6 Å². The molecule has 3 aromatic rings. The average molecular weight is 527 g/mol. The highest BCUT2D eigenvalue weighted by molar-refractivity contribution is 7.07. The van der Waals surface area contributed by atoms with Gasteiger partial charge in [0.05, 0.1) is 41.6 Å². The number of benzene rings is 2. The molecular weight excluding hydrogens is 503 g/mol. The number of allylic oxidation sites excluding steroid dienone is 1. The van der Waals surface area contributed by atoms with Crippen LogP contribution in [-0.2, 0) is 19.1 Å². The van der Waals surface area contributed by atoms with Gasteiger partial charge in [-0.3, -0.25) is 14.2 Å². The van der Waals surface area contributed by atoms with Crippen LogP contribution in [0.4, 0.5) is 4.39 Å². The average Bonchev–Trinajstić information content (AvgIpc) is 3.17. The van der Waals surface area contributed by atoms with Crippen molar-refractivity contribution in [2.24, 2.45) is 4.99 Å². The van der Waals surface area contributed by atoms with E-state index in [1.54, 1.807) is 49.4 Å². The van der Waals surface area contributed by atoms with E-state index in [1.807, 2.05) is 0 Å². The lowest BCUT2D eigenvalue weighted by atomic mass is 9.95. The molecule has 11 heteroatoms. The van der Waals surface area contributed by atoms with Gasteiger partial charge in [0.15, 0.2) is 4.80 Å². The van der Waals surface area contributed by atoms with E-state index in [-0.39, 0.29) is 16.9 Å². The molecule has 1 N–H and O–H groups in total. The van der Waals surface area contributed by atoms with E-state index in [0.717, 1.165) is 6.92 Å². The number of carbonyl (C=O) groups is 3. The third kappa shape index (κ3) is 6.07. The van der Waals surface area contributed by atoms with Crippen molar-refractivity contribution in [1.29, 1.82) is 0 Å². The number of rotatable bonds is 4. The van der Waals surface area contributed by atoms with Gasteiger partial charge in [-0.1, -0.05) is 35.6 Å². The van der Waals surface area contributed by atoms with Crippen LogP contribution in [0.5, 0.6) is 0 Å². The summed E-state index contributed by atoms with van der Waals surface area (Å²) in [4.78, 5) is 51.8. The molecule has 2 heterocycles. The highest BCUT2D eigenvalue weighted by Gasteiger charge is 2.33. The van der Waals surface area contributed by atoms with Crippen LogP contribution in [0, 0.1) is 5.82 Å². The Morgan fingerprint density at radius 1 is 1.03 bits per heavy atom. The standard InChI is InChI=1S/C24H19FN2O5S.C2H4O2/c1-13-19(23(30)32-3)20(15-6-8-16(9-7-15)22(29)31-2)27-21(28)18(33-24(27)26-13)12-14-4-10-17(25)11-5-14;1-2(3)4/h4-12,20H,1-3H3;1H3,(H,3,4). The molecule has 192 valence electrons. The first kappa shape index (κ1) is 27.2. The maximum atomic E-state index is 13.4. The molecule has 1 aromatic heterocycles. The number of halogens is 1. The van der Waals surface area contributed by atoms with Gasteiger partial charge in [0.2, 0.25) is 0 Å². The quantitative estimate of drug-likeness (QED) is 0.518. The minimum absolute atomic E-state index is 0.226. The number of methoxy groups -OCH3 is 2. The number of fused-ring (bicyclic) bond motifs is 1. The second kappa shape index (κ2) is 11.6. The molecule has 0 saturated heterocycles. The molecule has 0 amide bonds. The van der Waals surface area contributed by atoms with Crippen LogP contribution < -0.4 is 14.9 Å². The van der Waals surface area contributed by atoms with Gasteiger partial charge in [0, 0.05) is 6.92 Å². The first-order valence-corrected chi connectivity index (χ1v) is 11.6. The molecule has 0 bridgehead atoms. The maximum Gasteiger partial charge on any atom is 0.338 e. The van der Waals surface area contributed by atoms with Gasteiger partial charge in [0.25, 0.3) is 11.5 Å². The zero-order valence-electron chi connectivity index (χ0n) is 20.4. The number of hydrogen-bond donors (Lipinski definition) is 1. The smallest absolute Gasteiger partial charge is 0.338 e. The van der Waals surface area contributed by atoms with Gasteiger partial charge in [-0.05, 0) is 48.4 Å². The molecule has 0 aliphatic carbocycles. The van der Waals surface area contributed by atoms with E-state index < -0.39 is 23.9 Å². The summed E-state index contributed by atoms with van der Waals surface area (Å²) in [5, 5.41) is 7.42. The summed E-state index contributed by atoms with van der Waals surface area (Å²) in [7, 11) is 2.55. The third-order valence-electron chi connectivity index (χ3n) is 5.24. The van der Waals surface area contributed by atoms with Crippen molar-refractivity contribution in [3.63, 3.8) is 0 Å². The Hall–Kier alpha value is -4.38. The first-order chi connectivity index (χ1) is 17.6. The third-order valence-corrected chi connectivity index (χ3v) is 6.23. The number of carboxylic acids is 1. The van der Waals surface area contributed by atoms with Crippen LogP contribution in [0.3, 0.4) is 0 Å². The van der Waals surface area contributed by atoms with Crippen LogP contribution in [0.1, 0.15) is 41.4 Å². The van der Waals surface area contributed by atoms with Crippen molar-refractivity contribution in [1.82, 2.24) is 4.57 Å². The van der Waals surface area contributed by atoms with E-state index in [1.165, 1.54) is 42.3 Å². The van der Waals surface area contributed by atoms with Crippen LogP contribution in [-0.4, -0.2) is 41.8 Å². The topological polar surface area (TPSA) is 124 Å². The predicted octanol–water partition coefficient (Wildman–Crippen LogP) is 2.42. The SMILES string of the molecule is CC(=O)O.COC(=O)C1=C(C)N=c2sc(=Cc3ccc(F)cc3)c(=O)n2C1c1ccc(C(=O)OC)cc1. The highest BCUT2D eigenvalue weighted by atomic mass is 32.1. The molecule has 4 rings (SSSR count). The molecule has 0 saturated carbocycles. The molecule has 0 fully saturated rings. The number of carbonyl (C=O) groups excluding carboxylic acids is 2.